The van der Waals surface area contributed by atoms with Crippen LogP contribution in [-0.4, -0.2) is 36.0 Å². The van der Waals surface area contributed by atoms with Crippen molar-refractivity contribution >= 4 is 50.9 Å². The summed E-state index contributed by atoms with van der Waals surface area (Å²) in [5.41, 5.74) is 1.13. The third-order valence-corrected chi connectivity index (χ3v) is 7.42. The molecule has 2 aromatic carbocycles. The van der Waals surface area contributed by atoms with E-state index in [-0.39, 0.29) is 35.3 Å². The fourth-order valence-corrected chi connectivity index (χ4v) is 5.66. The number of esters is 1. The number of aromatic hydroxyl groups is 1. The SMILES string of the molecule is CCOC(=O)C1=C(C)N=c2s/c(=C\c3cc(Br)ccc3OCC#N)c(=O)n2[C@@H]1c1cc(Cl)c(O)c(OC)c1. The van der Waals surface area contributed by atoms with Crippen LogP contribution < -0.4 is 24.4 Å². The van der Waals surface area contributed by atoms with Gasteiger partial charge in [0.2, 0.25) is 0 Å². The molecule has 0 bridgehead atoms. The van der Waals surface area contributed by atoms with Gasteiger partial charge in [0.25, 0.3) is 5.56 Å². The standard InChI is InChI=1S/C26H21BrClN3O6S/c1-4-36-25(34)21-13(2)30-26-31(22(21)15-10-17(28)23(32)19(11-15)35-3)24(33)20(38-26)12-14-9-16(27)5-6-18(14)37-8-7-29/h5-6,9-12,22,32H,4,8H2,1-3H3/b20-12-/t22-/m1/s1. The summed E-state index contributed by atoms with van der Waals surface area (Å²) in [6.45, 7) is 3.32. The monoisotopic (exact) mass is 617 g/mol. The number of aromatic nitrogens is 1. The number of thiazole rings is 1. The Labute approximate surface area is 234 Å². The van der Waals surface area contributed by atoms with Gasteiger partial charge in [0.15, 0.2) is 22.9 Å². The molecule has 38 heavy (non-hydrogen) atoms. The number of phenols is 1. The molecule has 12 heteroatoms. The molecule has 0 saturated heterocycles. The van der Waals surface area contributed by atoms with Crippen LogP contribution in [0.1, 0.15) is 31.0 Å². The quantitative estimate of drug-likeness (QED) is 0.399. The van der Waals surface area contributed by atoms with Crippen LogP contribution >= 0.6 is 38.9 Å². The van der Waals surface area contributed by atoms with E-state index in [9.17, 15) is 14.7 Å². The lowest BCUT2D eigenvalue weighted by molar-refractivity contribution is -0.139. The third kappa shape index (κ3) is 5.20. The molecule has 0 fully saturated rings. The largest absolute Gasteiger partial charge is 0.503 e. The van der Waals surface area contributed by atoms with Gasteiger partial charge in [-0.1, -0.05) is 38.9 Å². The van der Waals surface area contributed by atoms with Crippen LogP contribution in [-0.2, 0) is 9.53 Å². The van der Waals surface area contributed by atoms with Crippen molar-refractivity contribution in [3.05, 3.63) is 81.9 Å². The number of ether oxygens (including phenoxy) is 3. The van der Waals surface area contributed by atoms with Crippen LogP contribution in [0.2, 0.25) is 5.02 Å². The summed E-state index contributed by atoms with van der Waals surface area (Å²) in [5.74, 6) is -0.380. The van der Waals surface area contributed by atoms with Crippen molar-refractivity contribution in [1.82, 2.24) is 4.57 Å². The van der Waals surface area contributed by atoms with Gasteiger partial charge in [-0.05, 0) is 55.8 Å². The van der Waals surface area contributed by atoms with E-state index in [1.165, 1.54) is 23.8 Å². The predicted molar refractivity (Wildman–Crippen MR) is 145 cm³/mol. The van der Waals surface area contributed by atoms with E-state index in [1.807, 2.05) is 6.07 Å². The minimum Gasteiger partial charge on any atom is -0.503 e. The summed E-state index contributed by atoms with van der Waals surface area (Å²) < 4.78 is 18.6. The van der Waals surface area contributed by atoms with Crippen molar-refractivity contribution in [1.29, 1.82) is 5.26 Å². The lowest BCUT2D eigenvalue weighted by Gasteiger charge is -2.25. The Morgan fingerprint density at radius 3 is 2.79 bits per heavy atom. The molecule has 2 heterocycles. The van der Waals surface area contributed by atoms with Gasteiger partial charge < -0.3 is 19.3 Å². The molecule has 0 radical (unpaired) electrons. The maximum absolute atomic E-state index is 13.8. The second-order valence-corrected chi connectivity index (χ2v) is 10.3. The number of hydrogen-bond acceptors (Lipinski definition) is 9. The summed E-state index contributed by atoms with van der Waals surface area (Å²) in [7, 11) is 1.37. The summed E-state index contributed by atoms with van der Waals surface area (Å²) in [4.78, 5) is 31.8. The topological polar surface area (TPSA) is 123 Å². The zero-order valence-corrected chi connectivity index (χ0v) is 23.6. The predicted octanol–water partition coefficient (Wildman–Crippen LogP) is 3.83. The fourth-order valence-electron chi connectivity index (χ4n) is 4.03. The van der Waals surface area contributed by atoms with Gasteiger partial charge in [-0.15, -0.1) is 0 Å². The smallest absolute Gasteiger partial charge is 0.338 e. The van der Waals surface area contributed by atoms with Crippen molar-refractivity contribution in [2.75, 3.05) is 20.3 Å². The van der Waals surface area contributed by atoms with Crippen molar-refractivity contribution in [3.63, 3.8) is 0 Å². The van der Waals surface area contributed by atoms with E-state index in [2.05, 4.69) is 20.9 Å². The highest BCUT2D eigenvalue weighted by Gasteiger charge is 2.34. The Kier molecular flexibility index (Phi) is 8.26. The lowest BCUT2D eigenvalue weighted by Crippen LogP contribution is -2.40. The molecule has 0 spiro atoms. The minimum atomic E-state index is -0.948. The molecule has 0 amide bonds. The molecule has 1 atom stereocenters. The Hall–Kier alpha value is -3.59. The van der Waals surface area contributed by atoms with Gasteiger partial charge in [-0.3, -0.25) is 9.36 Å². The van der Waals surface area contributed by atoms with Gasteiger partial charge in [-0.2, -0.15) is 5.26 Å². The maximum Gasteiger partial charge on any atom is 0.338 e. The van der Waals surface area contributed by atoms with Crippen LogP contribution in [0.4, 0.5) is 0 Å². The second-order valence-electron chi connectivity index (χ2n) is 7.98. The molecular weight excluding hydrogens is 598 g/mol. The summed E-state index contributed by atoms with van der Waals surface area (Å²) in [5, 5.41) is 19.2. The Bertz CT molecular complexity index is 1690. The van der Waals surface area contributed by atoms with Crippen LogP contribution in [0.3, 0.4) is 0 Å². The van der Waals surface area contributed by atoms with E-state index in [4.69, 9.17) is 31.1 Å². The first-order chi connectivity index (χ1) is 18.2. The average molecular weight is 619 g/mol. The molecule has 4 rings (SSSR count). The highest BCUT2D eigenvalue weighted by molar-refractivity contribution is 9.10. The third-order valence-electron chi connectivity index (χ3n) is 5.65. The number of benzene rings is 2. The number of phenolic OH excluding ortho intramolecular Hbond substituents is 1. The Balaban J connectivity index is 1.99. The molecule has 196 valence electrons. The van der Waals surface area contributed by atoms with E-state index in [0.29, 0.717) is 31.9 Å². The van der Waals surface area contributed by atoms with Gasteiger partial charge in [-0.25, -0.2) is 9.79 Å². The number of halogens is 2. The molecule has 1 aliphatic rings. The number of hydrogen-bond donors (Lipinski definition) is 1. The summed E-state index contributed by atoms with van der Waals surface area (Å²) in [6, 6.07) is 9.20. The van der Waals surface area contributed by atoms with Crippen LogP contribution in [0.15, 0.2) is 55.9 Å². The number of carbonyl (C=O) groups is 1. The van der Waals surface area contributed by atoms with E-state index >= 15 is 0 Å². The van der Waals surface area contributed by atoms with Gasteiger partial charge in [0.05, 0.1) is 40.6 Å². The number of nitrogens with zero attached hydrogens (tertiary/aromatic N) is 3. The van der Waals surface area contributed by atoms with Crippen molar-refractivity contribution < 1.29 is 24.1 Å². The van der Waals surface area contributed by atoms with Crippen LogP contribution in [0, 0.1) is 11.3 Å². The van der Waals surface area contributed by atoms with E-state index in [0.717, 1.165) is 15.8 Å². The Morgan fingerprint density at radius 2 is 2.11 bits per heavy atom. The lowest BCUT2D eigenvalue weighted by atomic mass is 9.95. The number of allylic oxidation sites excluding steroid dienone is 1. The summed E-state index contributed by atoms with van der Waals surface area (Å²) >= 11 is 10.8. The number of methoxy groups -OCH3 is 1. The van der Waals surface area contributed by atoms with Gasteiger partial charge >= 0.3 is 5.97 Å². The van der Waals surface area contributed by atoms with E-state index < -0.39 is 17.6 Å². The van der Waals surface area contributed by atoms with Crippen molar-refractivity contribution in [2.24, 2.45) is 4.99 Å². The molecule has 0 saturated carbocycles. The Morgan fingerprint density at radius 1 is 1.34 bits per heavy atom. The zero-order chi connectivity index (χ0) is 27.6. The van der Waals surface area contributed by atoms with Crippen molar-refractivity contribution in [3.8, 4) is 23.3 Å². The van der Waals surface area contributed by atoms with Crippen molar-refractivity contribution in [2.45, 2.75) is 19.9 Å². The van der Waals surface area contributed by atoms with Gasteiger partial charge in [0, 0.05) is 10.0 Å². The highest BCUT2D eigenvalue weighted by Crippen LogP contribution is 2.40. The average Bonchev–Trinajstić information content (AvgIpc) is 3.18. The molecule has 1 N–H and O–H groups in total. The van der Waals surface area contributed by atoms with Crippen LogP contribution in [0.25, 0.3) is 6.08 Å². The first-order valence-electron chi connectivity index (χ1n) is 11.3. The molecular formula is C26H21BrClN3O6S. The fraction of sp³-hybridized carbons (Fsp3) is 0.231. The molecule has 1 aliphatic heterocycles. The zero-order valence-electron chi connectivity index (χ0n) is 20.4. The highest BCUT2D eigenvalue weighted by atomic mass is 79.9. The van der Waals surface area contributed by atoms with Gasteiger partial charge in [0.1, 0.15) is 11.8 Å². The molecule has 0 unspecified atom stereocenters. The van der Waals surface area contributed by atoms with E-state index in [1.54, 1.807) is 38.1 Å². The summed E-state index contributed by atoms with van der Waals surface area (Å²) in [6.07, 6.45) is 1.64. The number of rotatable bonds is 7. The maximum atomic E-state index is 13.8. The second kappa shape index (κ2) is 11.4. The number of fused-ring (bicyclic) bond motifs is 1. The number of carbonyl (C=O) groups excluding carboxylic acids is 1. The minimum absolute atomic E-state index is 0.00671. The molecule has 3 aromatic rings. The normalized spacial score (nSPS) is 14.9. The number of nitriles is 1. The molecule has 9 nitrogen and oxygen atoms in total. The first kappa shape index (κ1) is 27.4. The molecule has 1 aromatic heterocycles. The molecule has 0 aliphatic carbocycles. The van der Waals surface area contributed by atoms with Crippen LogP contribution in [0.5, 0.6) is 17.2 Å². The first-order valence-corrected chi connectivity index (χ1v) is 13.2.